The smallest absolute Gasteiger partial charge is 0.294 e. The van der Waals surface area contributed by atoms with Crippen LogP contribution < -0.4 is 5.48 Å². The average Bonchev–Trinajstić information content (AvgIpc) is 2.53. The Labute approximate surface area is 148 Å². The largest absolute Gasteiger partial charge is 0.401 e. The Kier molecular flexibility index (Phi) is 4.20. The molecule has 2 fully saturated rings. The Morgan fingerprint density at radius 3 is 2.77 bits per heavy atom. The van der Waals surface area contributed by atoms with Gasteiger partial charge in [-0.05, 0) is 36.3 Å². The predicted octanol–water partition coefficient (Wildman–Crippen LogP) is 1.59. The summed E-state index contributed by atoms with van der Waals surface area (Å²) in [6, 6.07) is 2.16. The second-order valence-electron chi connectivity index (χ2n) is 7.81. The van der Waals surface area contributed by atoms with Gasteiger partial charge in [0.2, 0.25) is 0 Å². The fourth-order valence-corrected chi connectivity index (χ4v) is 4.66. The Hall–Kier alpha value is -1.71. The van der Waals surface area contributed by atoms with E-state index < -0.39 is 18.6 Å². The molecule has 0 aromatic carbocycles. The van der Waals surface area contributed by atoms with Gasteiger partial charge < -0.3 is 0 Å². The number of hydroxylamine groups is 1. The zero-order valence-electron chi connectivity index (χ0n) is 14.2. The molecule has 1 aromatic rings. The number of pyridine rings is 1. The fraction of sp³-hybridized carbons (Fsp3) is 0.647. The van der Waals surface area contributed by atoms with Crippen LogP contribution in [0, 0.1) is 5.41 Å². The minimum atomic E-state index is -4.11. The van der Waals surface area contributed by atoms with Crippen LogP contribution in [0.4, 0.5) is 13.2 Å². The summed E-state index contributed by atoms with van der Waals surface area (Å²) in [7, 11) is 0. The molecule has 2 aliphatic heterocycles. The molecule has 26 heavy (non-hydrogen) atoms. The van der Waals surface area contributed by atoms with Gasteiger partial charge in [0.15, 0.2) is 0 Å². The highest BCUT2D eigenvalue weighted by atomic mass is 19.4. The van der Waals surface area contributed by atoms with Crippen LogP contribution in [0.2, 0.25) is 0 Å². The molecule has 1 amide bonds. The molecule has 1 saturated carbocycles. The third-order valence-corrected chi connectivity index (χ3v) is 5.82. The van der Waals surface area contributed by atoms with Crippen LogP contribution in [0.3, 0.4) is 0 Å². The summed E-state index contributed by atoms with van der Waals surface area (Å²) in [6.45, 7) is 1.84. The number of halogens is 3. The number of amides is 1. The summed E-state index contributed by atoms with van der Waals surface area (Å²) in [4.78, 5) is 19.7. The molecular formula is C17H21F3N4O2. The number of rotatable bonds is 3. The van der Waals surface area contributed by atoms with E-state index in [2.05, 4.69) is 9.88 Å². The summed E-state index contributed by atoms with van der Waals surface area (Å²) < 4.78 is 37.2. The van der Waals surface area contributed by atoms with E-state index in [1.165, 1.54) is 11.1 Å². The van der Waals surface area contributed by atoms with E-state index in [0.717, 1.165) is 37.1 Å². The van der Waals surface area contributed by atoms with Crippen LogP contribution >= 0.6 is 0 Å². The lowest BCUT2D eigenvalue weighted by Gasteiger charge is -2.61. The van der Waals surface area contributed by atoms with Crippen molar-refractivity contribution in [3.8, 4) is 0 Å². The third-order valence-electron chi connectivity index (χ3n) is 5.82. The molecule has 3 aliphatic rings. The van der Waals surface area contributed by atoms with Gasteiger partial charge in [0.05, 0.1) is 17.8 Å². The lowest BCUT2D eigenvalue weighted by Crippen LogP contribution is -2.67. The van der Waals surface area contributed by atoms with Gasteiger partial charge in [-0.15, -0.1) is 0 Å². The van der Waals surface area contributed by atoms with Crippen molar-refractivity contribution in [2.24, 2.45) is 5.41 Å². The van der Waals surface area contributed by atoms with Gasteiger partial charge in [-0.3, -0.25) is 24.8 Å². The summed E-state index contributed by atoms with van der Waals surface area (Å²) >= 11 is 0. The van der Waals surface area contributed by atoms with Gasteiger partial charge in [0.1, 0.15) is 0 Å². The molecule has 9 heteroatoms. The minimum absolute atomic E-state index is 0.0761. The van der Waals surface area contributed by atoms with Crippen LogP contribution in [0.25, 0.3) is 0 Å². The van der Waals surface area contributed by atoms with Crippen molar-refractivity contribution >= 4 is 5.91 Å². The molecule has 3 heterocycles. The van der Waals surface area contributed by atoms with E-state index in [1.54, 1.807) is 11.5 Å². The van der Waals surface area contributed by atoms with Gasteiger partial charge in [-0.2, -0.15) is 13.2 Å². The van der Waals surface area contributed by atoms with E-state index in [4.69, 9.17) is 5.21 Å². The van der Waals surface area contributed by atoms with Gasteiger partial charge in [0.25, 0.3) is 5.91 Å². The summed E-state index contributed by atoms with van der Waals surface area (Å²) in [5.41, 5.74) is 3.96. The molecule has 0 atom stereocenters. The van der Waals surface area contributed by atoms with Crippen molar-refractivity contribution in [2.45, 2.75) is 38.0 Å². The maximum absolute atomic E-state index is 12.4. The standard InChI is InChI=1S/C17H21F3N4O2/c18-17(19,20)10-23-8-16(9-23)4-13(5-16)24-2-1-11-3-12(15(25)22-26)6-21-14(11)7-24/h3,6,13,26H,1-2,4-5,7-10H2,(H,22,25). The highest BCUT2D eigenvalue weighted by Crippen LogP contribution is 2.51. The number of hydrogen-bond donors (Lipinski definition) is 2. The Morgan fingerprint density at radius 2 is 2.12 bits per heavy atom. The number of alkyl halides is 3. The number of carbonyl (C=O) groups excluding carboxylic acids is 1. The summed E-state index contributed by atoms with van der Waals surface area (Å²) in [6.07, 6.45) is 0.0118. The number of nitrogens with zero attached hydrogens (tertiary/aromatic N) is 3. The van der Waals surface area contributed by atoms with E-state index in [9.17, 15) is 18.0 Å². The Balaban J connectivity index is 1.31. The maximum atomic E-state index is 12.4. The van der Waals surface area contributed by atoms with Crippen LogP contribution in [0.1, 0.15) is 34.5 Å². The molecular weight excluding hydrogens is 349 g/mol. The van der Waals surface area contributed by atoms with Gasteiger partial charge in [-0.25, -0.2) is 5.48 Å². The number of hydrogen-bond acceptors (Lipinski definition) is 5. The minimum Gasteiger partial charge on any atom is -0.294 e. The lowest BCUT2D eigenvalue weighted by atomic mass is 9.60. The monoisotopic (exact) mass is 370 g/mol. The number of nitrogens with one attached hydrogen (secondary N) is 1. The zero-order valence-corrected chi connectivity index (χ0v) is 14.2. The first-order chi connectivity index (χ1) is 12.3. The first kappa shape index (κ1) is 17.7. The van der Waals surface area contributed by atoms with Crippen molar-refractivity contribution in [3.05, 3.63) is 29.1 Å². The van der Waals surface area contributed by atoms with Crippen molar-refractivity contribution in [3.63, 3.8) is 0 Å². The zero-order chi connectivity index (χ0) is 18.5. The number of carbonyl (C=O) groups is 1. The van der Waals surface area contributed by atoms with Crippen LogP contribution in [0.5, 0.6) is 0 Å². The number of likely N-dealkylation sites (tertiary alicyclic amines) is 1. The van der Waals surface area contributed by atoms with Crippen molar-refractivity contribution in [1.29, 1.82) is 0 Å². The summed E-state index contributed by atoms with van der Waals surface area (Å²) in [5, 5.41) is 8.70. The van der Waals surface area contributed by atoms with E-state index in [1.807, 2.05) is 0 Å². The molecule has 142 valence electrons. The molecule has 4 rings (SSSR count). The molecule has 1 aliphatic carbocycles. The highest BCUT2D eigenvalue weighted by molar-refractivity contribution is 5.93. The molecule has 0 bridgehead atoms. The number of aromatic nitrogens is 1. The Morgan fingerprint density at radius 1 is 1.38 bits per heavy atom. The van der Waals surface area contributed by atoms with Crippen LogP contribution in [0.15, 0.2) is 12.3 Å². The molecule has 1 saturated heterocycles. The van der Waals surface area contributed by atoms with Gasteiger partial charge in [0, 0.05) is 38.4 Å². The Bertz CT molecular complexity index is 710. The normalized spacial score (nSPS) is 23.2. The highest BCUT2D eigenvalue weighted by Gasteiger charge is 2.55. The van der Waals surface area contributed by atoms with Crippen molar-refractivity contribution in [1.82, 2.24) is 20.3 Å². The molecule has 0 unspecified atom stereocenters. The second kappa shape index (κ2) is 6.17. The third kappa shape index (κ3) is 3.30. The molecule has 1 aromatic heterocycles. The fourth-order valence-electron chi connectivity index (χ4n) is 4.66. The van der Waals surface area contributed by atoms with E-state index >= 15 is 0 Å². The van der Waals surface area contributed by atoms with Crippen molar-refractivity contribution < 1.29 is 23.2 Å². The SMILES string of the molecule is O=C(NO)c1cnc2c(c1)CCN(C1CC3(C1)CN(CC(F)(F)F)C3)C2. The first-order valence-corrected chi connectivity index (χ1v) is 8.72. The molecule has 2 N–H and O–H groups in total. The maximum Gasteiger partial charge on any atom is 0.401 e. The predicted molar refractivity (Wildman–Crippen MR) is 85.6 cm³/mol. The quantitative estimate of drug-likeness (QED) is 0.625. The van der Waals surface area contributed by atoms with Crippen molar-refractivity contribution in [2.75, 3.05) is 26.2 Å². The summed E-state index contributed by atoms with van der Waals surface area (Å²) in [5.74, 6) is -0.572. The molecule has 1 spiro atoms. The van der Waals surface area contributed by atoms with E-state index in [-0.39, 0.29) is 5.41 Å². The van der Waals surface area contributed by atoms with Crippen LogP contribution in [-0.4, -0.2) is 64.3 Å². The van der Waals surface area contributed by atoms with E-state index in [0.29, 0.717) is 31.2 Å². The topological polar surface area (TPSA) is 68.7 Å². The average molecular weight is 370 g/mol. The van der Waals surface area contributed by atoms with Crippen LogP contribution in [-0.2, 0) is 13.0 Å². The van der Waals surface area contributed by atoms with Gasteiger partial charge in [-0.1, -0.05) is 0 Å². The molecule has 0 radical (unpaired) electrons. The number of fused-ring (bicyclic) bond motifs is 1. The lowest BCUT2D eigenvalue weighted by molar-refractivity contribution is -0.188. The first-order valence-electron chi connectivity index (χ1n) is 8.72. The molecule has 6 nitrogen and oxygen atoms in total. The van der Waals surface area contributed by atoms with Gasteiger partial charge >= 0.3 is 6.18 Å². The second-order valence-corrected chi connectivity index (χ2v) is 7.81.